The first-order valence-electron chi connectivity index (χ1n) is 4.05. The molecular formula is C8H12N2. The van der Waals surface area contributed by atoms with Gasteiger partial charge in [0, 0.05) is 0 Å². The van der Waals surface area contributed by atoms with E-state index in [-0.39, 0.29) is 6.04 Å². The molecule has 2 heteroatoms. The molecule has 2 rings (SSSR count). The summed E-state index contributed by atoms with van der Waals surface area (Å²) in [7, 11) is 0. The third-order valence-electron chi connectivity index (χ3n) is 2.89. The molecule has 0 amide bonds. The number of nitrogens with one attached hydrogen (secondary N) is 1. The summed E-state index contributed by atoms with van der Waals surface area (Å²) in [5.41, 5.74) is 0. The lowest BCUT2D eigenvalue weighted by molar-refractivity contribution is 0.460. The number of rotatable bonds is 0. The molecule has 0 spiro atoms. The molecule has 1 aliphatic carbocycles. The van der Waals surface area contributed by atoms with Crippen molar-refractivity contribution in [3.8, 4) is 6.07 Å². The summed E-state index contributed by atoms with van der Waals surface area (Å²) in [5.74, 6) is 1.51. The topological polar surface area (TPSA) is 35.8 Å². The van der Waals surface area contributed by atoms with Gasteiger partial charge < -0.3 is 5.32 Å². The molecule has 1 saturated heterocycles. The van der Waals surface area contributed by atoms with Crippen LogP contribution in [0.1, 0.15) is 19.3 Å². The first-order chi connectivity index (χ1) is 4.92. The molecule has 2 aliphatic rings. The zero-order valence-electron chi connectivity index (χ0n) is 6.01. The van der Waals surface area contributed by atoms with Crippen LogP contribution in [0, 0.1) is 23.2 Å². The average Bonchev–Trinajstić information content (AvgIpc) is 2.44. The molecule has 0 aromatic heterocycles. The predicted octanol–water partition coefficient (Wildman–Crippen LogP) is 0.898. The maximum Gasteiger partial charge on any atom is 0.0984 e. The predicted molar refractivity (Wildman–Crippen MR) is 38.2 cm³/mol. The Labute approximate surface area is 61.2 Å². The lowest BCUT2D eigenvalue weighted by atomic mass is 9.95. The van der Waals surface area contributed by atoms with Crippen LogP contribution in [0.2, 0.25) is 0 Å². The molecule has 1 aliphatic heterocycles. The molecule has 10 heavy (non-hydrogen) atoms. The molecule has 0 radical (unpaired) electrons. The summed E-state index contributed by atoms with van der Waals surface area (Å²) in [5, 5.41) is 11.9. The van der Waals surface area contributed by atoms with E-state index < -0.39 is 0 Å². The SMILES string of the molecule is N#C[C@H]1NC[C@H]2CCC[C@H]21. The van der Waals surface area contributed by atoms with Gasteiger partial charge in [-0.1, -0.05) is 6.42 Å². The Morgan fingerprint density at radius 2 is 2.30 bits per heavy atom. The Balaban J connectivity index is 2.10. The summed E-state index contributed by atoms with van der Waals surface area (Å²) in [6, 6.07) is 2.50. The zero-order valence-corrected chi connectivity index (χ0v) is 6.01. The van der Waals surface area contributed by atoms with Gasteiger partial charge in [-0.15, -0.1) is 0 Å². The van der Waals surface area contributed by atoms with Crippen molar-refractivity contribution in [2.24, 2.45) is 11.8 Å². The fourth-order valence-electron chi connectivity index (χ4n) is 2.33. The third-order valence-corrected chi connectivity index (χ3v) is 2.89. The van der Waals surface area contributed by atoms with Crippen LogP contribution in [0.25, 0.3) is 0 Å². The highest BCUT2D eigenvalue weighted by Gasteiger charge is 2.38. The summed E-state index contributed by atoms with van der Waals surface area (Å²) in [6.45, 7) is 1.09. The van der Waals surface area contributed by atoms with E-state index in [0.29, 0.717) is 5.92 Å². The van der Waals surface area contributed by atoms with E-state index in [2.05, 4.69) is 11.4 Å². The fourth-order valence-corrected chi connectivity index (χ4v) is 2.33. The molecule has 0 unspecified atom stereocenters. The molecule has 0 aromatic rings. The molecule has 1 saturated carbocycles. The van der Waals surface area contributed by atoms with Gasteiger partial charge >= 0.3 is 0 Å². The van der Waals surface area contributed by atoms with Crippen LogP contribution in [0.4, 0.5) is 0 Å². The van der Waals surface area contributed by atoms with Crippen molar-refractivity contribution >= 4 is 0 Å². The summed E-state index contributed by atoms with van der Waals surface area (Å²) in [6.07, 6.45) is 3.96. The summed E-state index contributed by atoms with van der Waals surface area (Å²) in [4.78, 5) is 0. The van der Waals surface area contributed by atoms with Crippen molar-refractivity contribution in [1.82, 2.24) is 5.32 Å². The van der Waals surface area contributed by atoms with Crippen molar-refractivity contribution < 1.29 is 0 Å². The van der Waals surface area contributed by atoms with Crippen LogP contribution in [0.15, 0.2) is 0 Å². The van der Waals surface area contributed by atoms with E-state index in [1.807, 2.05) is 0 Å². The minimum atomic E-state index is 0.174. The van der Waals surface area contributed by atoms with Gasteiger partial charge in [-0.3, -0.25) is 0 Å². The smallest absolute Gasteiger partial charge is 0.0984 e. The van der Waals surface area contributed by atoms with E-state index >= 15 is 0 Å². The molecule has 54 valence electrons. The Morgan fingerprint density at radius 1 is 1.40 bits per heavy atom. The van der Waals surface area contributed by atoms with Crippen LogP contribution >= 0.6 is 0 Å². The molecule has 1 N–H and O–H groups in total. The van der Waals surface area contributed by atoms with E-state index in [9.17, 15) is 0 Å². The van der Waals surface area contributed by atoms with Gasteiger partial charge in [0.05, 0.1) is 12.1 Å². The first kappa shape index (κ1) is 6.18. The Bertz CT molecular complexity index is 171. The molecule has 0 bridgehead atoms. The molecule has 0 aromatic carbocycles. The van der Waals surface area contributed by atoms with Gasteiger partial charge in [-0.05, 0) is 31.2 Å². The van der Waals surface area contributed by atoms with Gasteiger partial charge in [-0.25, -0.2) is 0 Å². The van der Waals surface area contributed by atoms with Crippen molar-refractivity contribution in [3.63, 3.8) is 0 Å². The Kier molecular flexibility index (Phi) is 1.39. The van der Waals surface area contributed by atoms with Gasteiger partial charge in [0.2, 0.25) is 0 Å². The van der Waals surface area contributed by atoms with Crippen molar-refractivity contribution in [2.75, 3.05) is 6.54 Å². The van der Waals surface area contributed by atoms with Gasteiger partial charge in [0.25, 0.3) is 0 Å². The normalized spacial score (nSPS) is 44.9. The maximum atomic E-state index is 8.70. The highest BCUT2D eigenvalue weighted by atomic mass is 15.0. The molecule has 1 heterocycles. The Hall–Kier alpha value is -0.550. The lowest BCUT2D eigenvalue weighted by Crippen LogP contribution is -2.24. The second-order valence-corrected chi connectivity index (χ2v) is 3.37. The van der Waals surface area contributed by atoms with Crippen LogP contribution in [-0.2, 0) is 0 Å². The number of nitriles is 1. The van der Waals surface area contributed by atoms with E-state index in [1.165, 1.54) is 19.3 Å². The quantitative estimate of drug-likeness (QED) is 0.537. The molecule has 2 fully saturated rings. The van der Waals surface area contributed by atoms with Crippen LogP contribution in [-0.4, -0.2) is 12.6 Å². The van der Waals surface area contributed by atoms with Gasteiger partial charge in [0.1, 0.15) is 0 Å². The van der Waals surface area contributed by atoms with E-state index in [4.69, 9.17) is 5.26 Å². The van der Waals surface area contributed by atoms with Crippen LogP contribution in [0.5, 0.6) is 0 Å². The first-order valence-corrected chi connectivity index (χ1v) is 4.05. The maximum absolute atomic E-state index is 8.70. The number of fused-ring (bicyclic) bond motifs is 1. The summed E-state index contributed by atoms with van der Waals surface area (Å²) >= 11 is 0. The minimum absolute atomic E-state index is 0.174. The van der Waals surface area contributed by atoms with Gasteiger partial charge in [0.15, 0.2) is 0 Å². The summed E-state index contributed by atoms with van der Waals surface area (Å²) < 4.78 is 0. The number of hydrogen-bond acceptors (Lipinski definition) is 2. The minimum Gasteiger partial charge on any atom is -0.301 e. The lowest BCUT2D eigenvalue weighted by Gasteiger charge is -2.08. The highest BCUT2D eigenvalue weighted by Crippen LogP contribution is 2.37. The second-order valence-electron chi connectivity index (χ2n) is 3.37. The number of hydrogen-bond donors (Lipinski definition) is 1. The van der Waals surface area contributed by atoms with E-state index in [1.54, 1.807) is 0 Å². The largest absolute Gasteiger partial charge is 0.301 e. The second kappa shape index (κ2) is 2.25. The molecule has 3 atom stereocenters. The van der Waals surface area contributed by atoms with Crippen molar-refractivity contribution in [3.05, 3.63) is 0 Å². The monoisotopic (exact) mass is 136 g/mol. The average molecular weight is 136 g/mol. The van der Waals surface area contributed by atoms with E-state index in [0.717, 1.165) is 12.5 Å². The van der Waals surface area contributed by atoms with Crippen LogP contribution < -0.4 is 5.32 Å². The van der Waals surface area contributed by atoms with Crippen molar-refractivity contribution in [2.45, 2.75) is 25.3 Å². The zero-order chi connectivity index (χ0) is 6.97. The standard InChI is InChI=1S/C8H12N2/c9-4-8-7-3-1-2-6(7)5-10-8/h6-8,10H,1-3,5H2/t6-,7-,8-/m1/s1. The number of nitrogens with zero attached hydrogens (tertiary/aromatic N) is 1. The van der Waals surface area contributed by atoms with Crippen LogP contribution in [0.3, 0.4) is 0 Å². The molecular weight excluding hydrogens is 124 g/mol. The van der Waals surface area contributed by atoms with Gasteiger partial charge in [-0.2, -0.15) is 5.26 Å². The molecule has 2 nitrogen and oxygen atoms in total. The van der Waals surface area contributed by atoms with Crippen molar-refractivity contribution in [1.29, 1.82) is 5.26 Å². The Morgan fingerprint density at radius 3 is 3.10 bits per heavy atom. The highest BCUT2D eigenvalue weighted by molar-refractivity contribution is 5.04. The third kappa shape index (κ3) is 0.741. The fraction of sp³-hybridized carbons (Fsp3) is 0.875.